The molecule has 0 aliphatic heterocycles. The number of hydrogen-bond donors (Lipinski definition) is 0. The van der Waals surface area contributed by atoms with E-state index in [9.17, 15) is 26.8 Å². The maximum Gasteiger partial charge on any atom is 0.437 e. The van der Waals surface area contributed by atoms with E-state index in [0.717, 1.165) is 11.5 Å². The van der Waals surface area contributed by atoms with E-state index >= 15 is 0 Å². The monoisotopic (exact) mass is 530 g/mol. The Balaban J connectivity index is 2.34. The molecule has 36 heavy (non-hydrogen) atoms. The number of halogens is 2. The van der Waals surface area contributed by atoms with Gasteiger partial charge in [-0.15, -0.1) is 0 Å². The number of ether oxygens (including phenoxy) is 6. The number of sulfone groups is 1. The molecule has 0 amide bonds. The second-order valence-corrected chi connectivity index (χ2v) is 8.88. The molecule has 0 aliphatic rings. The van der Waals surface area contributed by atoms with Crippen LogP contribution in [0.1, 0.15) is 11.1 Å². The van der Waals surface area contributed by atoms with Crippen molar-refractivity contribution < 1.29 is 55.2 Å². The summed E-state index contributed by atoms with van der Waals surface area (Å²) in [5.41, 5.74) is 0.414. The zero-order valence-electron chi connectivity index (χ0n) is 20.0. The van der Waals surface area contributed by atoms with Gasteiger partial charge >= 0.3 is 17.9 Å². The molecule has 0 radical (unpaired) electrons. The SMILES string of the molecule is COC(=O)C(F)(F)C(=O)Oc1cc(CS(=O)(=O)C=Cc2c(OC)cc(OC)cc2OC)ccc1OC. The fraction of sp³-hybridized carbons (Fsp3) is 0.304. The molecule has 0 aromatic heterocycles. The summed E-state index contributed by atoms with van der Waals surface area (Å²) >= 11 is 0. The molecule has 0 N–H and O–H groups in total. The Morgan fingerprint density at radius 3 is 1.92 bits per heavy atom. The van der Waals surface area contributed by atoms with E-state index in [1.807, 2.05) is 0 Å². The van der Waals surface area contributed by atoms with Crippen LogP contribution in [0.5, 0.6) is 28.7 Å². The van der Waals surface area contributed by atoms with Gasteiger partial charge in [-0.3, -0.25) is 0 Å². The summed E-state index contributed by atoms with van der Waals surface area (Å²) in [5, 5.41) is 0.918. The van der Waals surface area contributed by atoms with Crippen LogP contribution in [0, 0.1) is 0 Å². The highest BCUT2D eigenvalue weighted by atomic mass is 32.2. The van der Waals surface area contributed by atoms with Crippen molar-refractivity contribution in [3.05, 3.63) is 46.9 Å². The largest absolute Gasteiger partial charge is 0.496 e. The van der Waals surface area contributed by atoms with E-state index in [1.165, 1.54) is 46.6 Å². The van der Waals surface area contributed by atoms with E-state index in [-0.39, 0.29) is 11.3 Å². The average molecular weight is 530 g/mol. The van der Waals surface area contributed by atoms with Gasteiger partial charge in [-0.25, -0.2) is 18.0 Å². The van der Waals surface area contributed by atoms with Crippen LogP contribution in [0.3, 0.4) is 0 Å². The number of rotatable bonds is 11. The Morgan fingerprint density at radius 2 is 1.42 bits per heavy atom. The number of methoxy groups -OCH3 is 5. The number of benzene rings is 2. The summed E-state index contributed by atoms with van der Waals surface area (Å²) in [7, 11) is 2.16. The van der Waals surface area contributed by atoms with E-state index in [2.05, 4.69) is 9.47 Å². The molecule has 0 saturated carbocycles. The highest BCUT2D eigenvalue weighted by Crippen LogP contribution is 2.36. The molecule has 10 nitrogen and oxygen atoms in total. The zero-order chi connectivity index (χ0) is 27.1. The molecule has 0 aliphatic carbocycles. The molecule has 0 bridgehead atoms. The van der Waals surface area contributed by atoms with Gasteiger partial charge in [0.25, 0.3) is 0 Å². The van der Waals surface area contributed by atoms with Gasteiger partial charge in [-0.05, 0) is 23.8 Å². The van der Waals surface area contributed by atoms with Crippen LogP contribution in [0.2, 0.25) is 0 Å². The van der Waals surface area contributed by atoms with Crippen LogP contribution in [0.15, 0.2) is 35.7 Å². The first kappa shape index (κ1) is 28.4. The first-order valence-electron chi connectivity index (χ1n) is 9.98. The Hall–Kier alpha value is -3.87. The molecular weight excluding hydrogens is 506 g/mol. The molecule has 0 fully saturated rings. The first-order chi connectivity index (χ1) is 16.9. The van der Waals surface area contributed by atoms with Crippen molar-refractivity contribution in [3.8, 4) is 28.7 Å². The van der Waals surface area contributed by atoms with Crippen LogP contribution in [-0.2, 0) is 29.9 Å². The van der Waals surface area contributed by atoms with Gasteiger partial charge < -0.3 is 28.4 Å². The average Bonchev–Trinajstić information content (AvgIpc) is 2.86. The normalized spacial score (nSPS) is 11.6. The molecule has 0 spiro atoms. The van der Waals surface area contributed by atoms with Crippen LogP contribution in [0.4, 0.5) is 8.78 Å². The second kappa shape index (κ2) is 11.7. The molecular formula is C23H24F2O10S. The third-order valence-electron chi connectivity index (χ3n) is 4.69. The van der Waals surface area contributed by atoms with Gasteiger partial charge in [0.2, 0.25) is 0 Å². The van der Waals surface area contributed by atoms with E-state index in [1.54, 1.807) is 12.1 Å². The maximum absolute atomic E-state index is 13.8. The highest BCUT2D eigenvalue weighted by molar-refractivity contribution is 7.93. The Labute approximate surface area is 206 Å². The van der Waals surface area contributed by atoms with Gasteiger partial charge in [0.1, 0.15) is 17.2 Å². The molecule has 0 atom stereocenters. The van der Waals surface area contributed by atoms with Crippen LogP contribution in [-0.4, -0.2) is 61.8 Å². The minimum atomic E-state index is -4.58. The third-order valence-corrected chi connectivity index (χ3v) is 5.98. The van der Waals surface area contributed by atoms with Crippen molar-refractivity contribution in [3.63, 3.8) is 0 Å². The first-order valence-corrected chi connectivity index (χ1v) is 11.7. The fourth-order valence-electron chi connectivity index (χ4n) is 2.92. The summed E-state index contributed by atoms with van der Waals surface area (Å²) < 4.78 is 82.3. The number of carbonyl (C=O) groups excluding carboxylic acids is 2. The molecule has 0 unspecified atom stereocenters. The molecule has 196 valence electrons. The van der Waals surface area contributed by atoms with Crippen molar-refractivity contribution in [2.75, 3.05) is 35.5 Å². The minimum Gasteiger partial charge on any atom is -0.496 e. The zero-order valence-corrected chi connectivity index (χ0v) is 20.8. The van der Waals surface area contributed by atoms with Gasteiger partial charge in [0, 0.05) is 17.5 Å². The highest BCUT2D eigenvalue weighted by Gasteiger charge is 2.51. The number of carbonyl (C=O) groups is 2. The van der Waals surface area contributed by atoms with Crippen LogP contribution < -0.4 is 23.7 Å². The van der Waals surface area contributed by atoms with Crippen LogP contribution in [0.25, 0.3) is 6.08 Å². The lowest BCUT2D eigenvalue weighted by Gasteiger charge is -2.15. The molecule has 2 aromatic rings. The fourth-order valence-corrected chi connectivity index (χ4v) is 4.00. The predicted octanol–water partition coefficient (Wildman–Crippen LogP) is 3.02. The topological polar surface area (TPSA) is 124 Å². The van der Waals surface area contributed by atoms with E-state index < -0.39 is 39.2 Å². The smallest absolute Gasteiger partial charge is 0.437 e. The van der Waals surface area contributed by atoms with Crippen molar-refractivity contribution in [1.82, 2.24) is 0 Å². The Kier molecular flexibility index (Phi) is 9.23. The molecule has 13 heteroatoms. The second-order valence-electron chi connectivity index (χ2n) is 7.00. The number of esters is 2. The summed E-state index contributed by atoms with van der Waals surface area (Å²) in [5.74, 6) is -9.14. The quantitative estimate of drug-likeness (QED) is 0.243. The standard InChI is InChI=1S/C23H24F2O10S/c1-30-15-11-18(32-3)16(19(12-15)33-4)8-9-36(28,29)13-14-6-7-17(31-2)20(10-14)35-22(27)23(24,25)21(26)34-5/h6-12H,13H2,1-5H3. The van der Waals surface area contributed by atoms with Gasteiger partial charge in [-0.2, -0.15) is 8.78 Å². The molecule has 2 aromatic carbocycles. The van der Waals surface area contributed by atoms with Gasteiger partial charge in [0.15, 0.2) is 21.3 Å². The lowest BCUT2D eigenvalue weighted by Crippen LogP contribution is -2.41. The molecule has 0 saturated heterocycles. The minimum absolute atomic E-state index is 0.0818. The van der Waals surface area contributed by atoms with Crippen molar-refractivity contribution >= 4 is 27.9 Å². The lowest BCUT2D eigenvalue weighted by atomic mass is 10.1. The summed E-state index contributed by atoms with van der Waals surface area (Å²) in [6.45, 7) is 0. The predicted molar refractivity (Wildman–Crippen MR) is 123 cm³/mol. The summed E-state index contributed by atoms with van der Waals surface area (Å²) in [6, 6.07) is 6.69. The van der Waals surface area contributed by atoms with Crippen molar-refractivity contribution in [2.24, 2.45) is 0 Å². The summed E-state index contributed by atoms with van der Waals surface area (Å²) in [4.78, 5) is 23.0. The molecule has 2 rings (SSSR count). The number of alkyl halides is 2. The molecule has 0 heterocycles. The maximum atomic E-state index is 13.8. The third kappa shape index (κ3) is 6.62. The Morgan fingerprint density at radius 1 is 0.833 bits per heavy atom. The van der Waals surface area contributed by atoms with E-state index in [0.29, 0.717) is 29.9 Å². The van der Waals surface area contributed by atoms with Gasteiger partial charge in [0.05, 0.1) is 46.9 Å². The summed E-state index contributed by atoms with van der Waals surface area (Å²) in [6.07, 6.45) is 1.27. The van der Waals surface area contributed by atoms with E-state index in [4.69, 9.17) is 18.9 Å². The van der Waals surface area contributed by atoms with Gasteiger partial charge in [-0.1, -0.05) is 6.07 Å². The lowest BCUT2D eigenvalue weighted by molar-refractivity contribution is -0.183. The Bertz CT molecular complexity index is 1230. The van der Waals surface area contributed by atoms with Crippen molar-refractivity contribution in [1.29, 1.82) is 0 Å². The number of hydrogen-bond acceptors (Lipinski definition) is 10. The van der Waals surface area contributed by atoms with Crippen molar-refractivity contribution in [2.45, 2.75) is 11.7 Å². The van der Waals surface area contributed by atoms with Crippen LogP contribution >= 0.6 is 0 Å².